The van der Waals surface area contributed by atoms with Crippen LogP contribution in [0, 0.1) is 0 Å². The number of amidine groups is 2. The van der Waals surface area contributed by atoms with E-state index in [2.05, 4.69) is 133 Å². The van der Waals surface area contributed by atoms with Crippen LogP contribution in [0.3, 0.4) is 0 Å². The van der Waals surface area contributed by atoms with Crippen molar-refractivity contribution in [2.24, 2.45) is 9.98 Å². The number of nitrogens with one attached hydrogen (secondary N) is 1. The van der Waals surface area contributed by atoms with Gasteiger partial charge in [-0.1, -0.05) is 181 Å². The average Bonchev–Trinajstić information content (AvgIpc) is 3.33. The number of benzene rings is 8. The van der Waals surface area contributed by atoms with Crippen molar-refractivity contribution in [3.63, 3.8) is 0 Å². The van der Waals surface area contributed by atoms with E-state index in [9.17, 15) is 0 Å². The van der Waals surface area contributed by atoms with Gasteiger partial charge in [0.05, 0.1) is 0 Å². The fourth-order valence-corrected chi connectivity index (χ4v) is 9.87. The molecule has 1 N–H and O–H groups in total. The molecule has 60 heavy (non-hydrogen) atoms. The molecule has 0 aliphatic carbocycles. The Kier molecular flexibility index (Phi) is 9.33. The highest BCUT2D eigenvalue weighted by Crippen LogP contribution is 2.49. The Morgan fingerprint density at radius 2 is 0.967 bits per heavy atom. The van der Waals surface area contributed by atoms with Gasteiger partial charge in [-0.05, 0) is 63.9 Å². The molecule has 1 aromatic heterocycles. The normalized spacial score (nSPS) is 14.4. The van der Waals surface area contributed by atoms with Crippen molar-refractivity contribution >= 4 is 46.0 Å². The molecule has 0 radical (unpaired) electrons. The lowest BCUT2D eigenvalue weighted by Crippen LogP contribution is -2.33. The van der Waals surface area contributed by atoms with Crippen LogP contribution in [-0.4, -0.2) is 26.6 Å². The number of fused-ring (bicyclic) bond motifs is 3. The van der Waals surface area contributed by atoms with E-state index in [0.29, 0.717) is 23.3 Å². The van der Waals surface area contributed by atoms with Crippen molar-refractivity contribution in [3.8, 4) is 45.3 Å². The number of hydrogen-bond acceptors (Lipinski definition) is 8. The molecule has 0 saturated heterocycles. The molecule has 284 valence electrons. The zero-order valence-electron chi connectivity index (χ0n) is 32.1. The smallest absolute Gasteiger partial charge is 0.164 e. The molecule has 2 aliphatic rings. The van der Waals surface area contributed by atoms with E-state index < -0.39 is 0 Å². The predicted molar refractivity (Wildman–Crippen MR) is 246 cm³/mol. The second kappa shape index (κ2) is 15.6. The van der Waals surface area contributed by atoms with Crippen molar-refractivity contribution in [2.45, 2.75) is 25.7 Å². The molecule has 2 aliphatic heterocycles. The molecule has 9 aromatic rings. The predicted octanol–water partition coefficient (Wildman–Crippen LogP) is 12.8. The first-order chi connectivity index (χ1) is 29.7. The Labute approximate surface area is 356 Å². The minimum atomic E-state index is -0.337. The zero-order chi connectivity index (χ0) is 39.8. The molecule has 0 fully saturated rings. The van der Waals surface area contributed by atoms with Gasteiger partial charge in [0.15, 0.2) is 23.3 Å². The first-order valence-corrected chi connectivity index (χ1v) is 21.4. The lowest BCUT2D eigenvalue weighted by atomic mass is 9.96. The number of nitrogens with zero attached hydrogens (tertiary/aromatic N) is 5. The number of hydrogen-bond donors (Lipinski definition) is 1. The van der Waals surface area contributed by atoms with E-state index in [4.69, 9.17) is 24.9 Å². The van der Waals surface area contributed by atoms with E-state index in [1.165, 1.54) is 19.6 Å². The van der Waals surface area contributed by atoms with Gasteiger partial charge in [0, 0.05) is 47.4 Å². The van der Waals surface area contributed by atoms with Crippen LogP contribution in [-0.2, 0) is 0 Å². The third-order valence-electron chi connectivity index (χ3n) is 10.6. The van der Waals surface area contributed by atoms with Crippen molar-refractivity contribution in [3.05, 3.63) is 211 Å². The second-order valence-electron chi connectivity index (χ2n) is 14.5. The van der Waals surface area contributed by atoms with Crippen molar-refractivity contribution in [2.75, 3.05) is 0 Å². The molecule has 11 rings (SSSR count). The molecule has 0 bridgehead atoms. The largest absolute Gasteiger partial charge is 0.344 e. The monoisotopic (exact) mass is 806 g/mol. The summed E-state index contributed by atoms with van der Waals surface area (Å²) in [6.45, 7) is 0. The van der Waals surface area contributed by atoms with Crippen LogP contribution < -0.4 is 5.32 Å². The van der Waals surface area contributed by atoms with E-state index in [1.54, 1.807) is 0 Å². The highest BCUT2D eigenvalue weighted by molar-refractivity contribution is 8.05. The van der Waals surface area contributed by atoms with Crippen LogP contribution in [0.25, 0.3) is 56.1 Å². The van der Waals surface area contributed by atoms with Crippen LogP contribution in [0.4, 0.5) is 0 Å². The van der Waals surface area contributed by atoms with E-state index in [1.807, 2.05) is 90.3 Å². The summed E-state index contributed by atoms with van der Waals surface area (Å²) in [4.78, 5) is 31.1. The topological polar surface area (TPSA) is 75.4 Å². The van der Waals surface area contributed by atoms with Crippen LogP contribution >= 0.6 is 23.5 Å². The molecule has 8 aromatic carbocycles. The summed E-state index contributed by atoms with van der Waals surface area (Å²) in [5.41, 5.74) is 7.64. The third-order valence-corrected chi connectivity index (χ3v) is 13.2. The van der Waals surface area contributed by atoms with Crippen molar-refractivity contribution in [1.29, 1.82) is 0 Å². The van der Waals surface area contributed by atoms with Gasteiger partial charge in [0.1, 0.15) is 12.0 Å². The SMILES string of the molecule is c1ccc(C2=NC(c3ccc(-c4ccc5c(c4)Sc4ccccc4S5)c(-c4nc(-c5ccccc5)nc(-c5ccc6ccccc6c5)n4)c3)=NC(c3ccccc3)N2)cc1. The Morgan fingerprint density at radius 3 is 1.73 bits per heavy atom. The van der Waals surface area contributed by atoms with E-state index in [0.717, 1.165) is 61.1 Å². The molecule has 0 saturated carbocycles. The molecule has 1 atom stereocenters. The lowest BCUT2D eigenvalue weighted by molar-refractivity contribution is 0.674. The van der Waals surface area contributed by atoms with E-state index in [-0.39, 0.29) is 6.17 Å². The Balaban J connectivity index is 1.12. The van der Waals surface area contributed by atoms with Gasteiger partial charge in [-0.2, -0.15) is 0 Å². The molecule has 8 heteroatoms. The summed E-state index contributed by atoms with van der Waals surface area (Å²) < 4.78 is 0. The van der Waals surface area contributed by atoms with E-state index >= 15 is 0 Å². The summed E-state index contributed by atoms with van der Waals surface area (Å²) in [6.07, 6.45) is -0.337. The van der Waals surface area contributed by atoms with Crippen molar-refractivity contribution in [1.82, 2.24) is 20.3 Å². The highest BCUT2D eigenvalue weighted by Gasteiger charge is 2.24. The zero-order valence-corrected chi connectivity index (χ0v) is 33.7. The highest BCUT2D eigenvalue weighted by atomic mass is 32.2. The van der Waals surface area contributed by atoms with Gasteiger partial charge in [-0.15, -0.1) is 0 Å². The number of rotatable bonds is 7. The summed E-state index contributed by atoms with van der Waals surface area (Å²) in [6, 6.07) is 67.2. The third kappa shape index (κ3) is 7.06. The lowest BCUT2D eigenvalue weighted by Gasteiger charge is -2.24. The van der Waals surface area contributed by atoms with Gasteiger partial charge in [0.2, 0.25) is 0 Å². The maximum atomic E-state index is 5.30. The fourth-order valence-electron chi connectivity index (χ4n) is 7.61. The van der Waals surface area contributed by atoms with Gasteiger partial charge in [-0.3, -0.25) is 0 Å². The number of aliphatic imine (C=N–C) groups is 2. The Bertz CT molecular complexity index is 3130. The fraction of sp³-hybridized carbons (Fsp3) is 0.0192. The standard InChI is InChI=1S/C52H34N6S2/c1-4-15-34(16-5-1)47-53-48(35-17-6-2-7-18-35)55-51(54-47)40-26-28-41(38-27-29-45-46(32-38)60-44-23-13-12-22-43(44)59-45)42(31-40)52-57-49(36-19-8-3-9-20-36)56-50(58-52)39-25-24-33-14-10-11-21-37(33)30-39/h1-32,47H,(H,53,54,55). The molecule has 3 heterocycles. The summed E-state index contributed by atoms with van der Waals surface area (Å²) >= 11 is 3.62. The molecule has 1 unspecified atom stereocenters. The van der Waals surface area contributed by atoms with Crippen LogP contribution in [0.5, 0.6) is 0 Å². The maximum absolute atomic E-state index is 5.30. The second-order valence-corrected chi connectivity index (χ2v) is 16.7. The minimum absolute atomic E-state index is 0.337. The maximum Gasteiger partial charge on any atom is 0.164 e. The Hall–Kier alpha value is -7.13. The van der Waals surface area contributed by atoms with Gasteiger partial charge in [0.25, 0.3) is 0 Å². The average molecular weight is 807 g/mol. The first kappa shape index (κ1) is 36.0. The summed E-state index contributed by atoms with van der Waals surface area (Å²) in [7, 11) is 0. The summed E-state index contributed by atoms with van der Waals surface area (Å²) in [5, 5.41) is 5.87. The van der Waals surface area contributed by atoms with Gasteiger partial charge in [-0.25, -0.2) is 24.9 Å². The van der Waals surface area contributed by atoms with Gasteiger partial charge >= 0.3 is 0 Å². The molecule has 0 amide bonds. The minimum Gasteiger partial charge on any atom is -0.344 e. The van der Waals surface area contributed by atoms with Crippen LogP contribution in [0.15, 0.2) is 224 Å². The quantitative estimate of drug-likeness (QED) is 0.173. The molecule has 6 nitrogen and oxygen atoms in total. The summed E-state index contributed by atoms with van der Waals surface area (Å²) in [5.74, 6) is 3.14. The molecular weight excluding hydrogens is 773 g/mol. The Morgan fingerprint density at radius 1 is 0.383 bits per heavy atom. The first-order valence-electron chi connectivity index (χ1n) is 19.8. The van der Waals surface area contributed by atoms with Crippen LogP contribution in [0.2, 0.25) is 0 Å². The van der Waals surface area contributed by atoms with Crippen molar-refractivity contribution < 1.29 is 0 Å². The number of aromatic nitrogens is 3. The van der Waals surface area contributed by atoms with Gasteiger partial charge < -0.3 is 5.32 Å². The molecule has 0 spiro atoms. The molecular formula is C52H34N6S2. The van der Waals surface area contributed by atoms with Crippen LogP contribution in [0.1, 0.15) is 22.9 Å².